The molecule has 2 atom stereocenters. The predicted octanol–water partition coefficient (Wildman–Crippen LogP) is 2.93. The second-order valence-corrected chi connectivity index (χ2v) is 6.56. The van der Waals surface area contributed by atoms with Gasteiger partial charge in [0.15, 0.2) is 0 Å². The molecule has 5 nitrogen and oxygen atoms in total. The molecule has 0 spiro atoms. The number of rotatable bonds is 9. The molecule has 5 heteroatoms. The molecule has 1 rings (SSSR count). The summed E-state index contributed by atoms with van der Waals surface area (Å²) in [6, 6.07) is 0. The van der Waals surface area contributed by atoms with Crippen LogP contribution in [0.5, 0.6) is 0 Å². The van der Waals surface area contributed by atoms with Crippen LogP contribution in [0.2, 0.25) is 0 Å². The average Bonchev–Trinajstić information content (AvgIpc) is 2.51. The molecule has 1 fully saturated rings. The number of ether oxygens (including phenoxy) is 1. The third kappa shape index (κ3) is 4.97. The van der Waals surface area contributed by atoms with Gasteiger partial charge >= 0.3 is 5.97 Å². The highest BCUT2D eigenvalue weighted by molar-refractivity contribution is 5.80. The highest BCUT2D eigenvalue weighted by atomic mass is 16.5. The number of carbonyl (C=O) groups excluding carboxylic acids is 1. The Bertz CT molecular complexity index is 368. The Morgan fingerprint density at radius 2 is 2.09 bits per heavy atom. The van der Waals surface area contributed by atoms with Gasteiger partial charge < -0.3 is 14.7 Å². The van der Waals surface area contributed by atoms with Crippen molar-refractivity contribution in [3.8, 4) is 0 Å². The van der Waals surface area contributed by atoms with E-state index in [1.165, 1.54) is 7.11 Å². The minimum atomic E-state index is -0.937. The number of piperidine rings is 1. The summed E-state index contributed by atoms with van der Waals surface area (Å²) in [6.07, 6.45) is 6.22. The normalized spacial score (nSPS) is 23.3. The highest BCUT2D eigenvalue weighted by Crippen LogP contribution is 2.31. The first-order chi connectivity index (χ1) is 10.5. The van der Waals surface area contributed by atoms with Gasteiger partial charge in [-0.15, -0.1) is 0 Å². The molecule has 0 aromatic carbocycles. The maximum Gasteiger partial charge on any atom is 0.313 e. The van der Waals surface area contributed by atoms with Gasteiger partial charge in [-0.1, -0.05) is 33.1 Å². The largest absolute Gasteiger partial charge is 0.481 e. The maximum absolute atomic E-state index is 12.5. The maximum atomic E-state index is 12.5. The number of carbonyl (C=O) groups is 2. The number of unbranched alkanes of at least 4 members (excludes halogenated alkanes) is 1. The van der Waals surface area contributed by atoms with Gasteiger partial charge in [0, 0.05) is 26.6 Å². The van der Waals surface area contributed by atoms with Crippen LogP contribution in [0.4, 0.5) is 0 Å². The summed E-state index contributed by atoms with van der Waals surface area (Å²) in [7, 11) is 1.52. The molecular formula is C17H31NO4. The van der Waals surface area contributed by atoms with Crippen molar-refractivity contribution in [2.75, 3.05) is 26.8 Å². The molecular weight excluding hydrogens is 282 g/mol. The molecule has 0 aromatic heterocycles. The number of nitrogens with zero attached hydrogens (tertiary/aromatic N) is 1. The van der Waals surface area contributed by atoms with Gasteiger partial charge in [0.25, 0.3) is 0 Å². The number of carboxylic acid groups (broad SMARTS) is 1. The van der Waals surface area contributed by atoms with Gasteiger partial charge in [-0.2, -0.15) is 0 Å². The molecule has 1 saturated heterocycles. The number of aliphatic carboxylic acids is 1. The zero-order valence-corrected chi connectivity index (χ0v) is 14.3. The smallest absolute Gasteiger partial charge is 0.313 e. The summed E-state index contributed by atoms with van der Waals surface area (Å²) < 4.78 is 5.11. The van der Waals surface area contributed by atoms with E-state index in [9.17, 15) is 14.7 Å². The van der Waals surface area contributed by atoms with Crippen molar-refractivity contribution >= 4 is 11.9 Å². The molecule has 1 amide bonds. The van der Waals surface area contributed by atoms with Gasteiger partial charge in [-0.25, -0.2) is 0 Å². The Kier molecular flexibility index (Phi) is 7.87. The van der Waals surface area contributed by atoms with Crippen molar-refractivity contribution < 1.29 is 19.4 Å². The van der Waals surface area contributed by atoms with Crippen LogP contribution in [-0.2, 0) is 14.3 Å². The summed E-state index contributed by atoms with van der Waals surface area (Å²) in [6.45, 7) is 5.39. The summed E-state index contributed by atoms with van der Waals surface area (Å²) in [5.74, 6) is -0.342. The molecule has 0 saturated carbocycles. The van der Waals surface area contributed by atoms with Crippen LogP contribution in [-0.4, -0.2) is 48.7 Å². The first kappa shape index (κ1) is 18.9. The Morgan fingerprint density at radius 1 is 1.36 bits per heavy atom. The van der Waals surface area contributed by atoms with Gasteiger partial charge in [-0.05, 0) is 25.2 Å². The van der Waals surface area contributed by atoms with Crippen LogP contribution in [0.25, 0.3) is 0 Å². The average molecular weight is 313 g/mol. The van der Waals surface area contributed by atoms with E-state index in [0.29, 0.717) is 25.3 Å². The third-order valence-electron chi connectivity index (χ3n) is 4.81. The fraction of sp³-hybridized carbons (Fsp3) is 0.882. The first-order valence-electron chi connectivity index (χ1n) is 8.49. The number of likely N-dealkylation sites (tertiary alicyclic amines) is 1. The van der Waals surface area contributed by atoms with Crippen molar-refractivity contribution in [1.82, 2.24) is 4.90 Å². The molecule has 1 N–H and O–H groups in total. The van der Waals surface area contributed by atoms with Crippen LogP contribution in [0.1, 0.15) is 58.8 Å². The summed E-state index contributed by atoms with van der Waals surface area (Å²) >= 11 is 0. The molecule has 2 unspecified atom stereocenters. The van der Waals surface area contributed by atoms with Crippen LogP contribution < -0.4 is 0 Å². The SMILES string of the molecule is CCCCC(CC)CC(=O)N1CCCC(COC)(C(=O)O)C1. The quantitative estimate of drug-likeness (QED) is 0.710. The van der Waals surface area contributed by atoms with Crippen molar-refractivity contribution in [3.05, 3.63) is 0 Å². The zero-order valence-electron chi connectivity index (χ0n) is 14.3. The van der Waals surface area contributed by atoms with Crippen LogP contribution in [0.3, 0.4) is 0 Å². The lowest BCUT2D eigenvalue weighted by Crippen LogP contribution is -2.52. The van der Waals surface area contributed by atoms with E-state index < -0.39 is 11.4 Å². The monoisotopic (exact) mass is 313 g/mol. The van der Waals surface area contributed by atoms with Crippen LogP contribution in [0.15, 0.2) is 0 Å². The number of carboxylic acids is 1. The standard InChI is InChI=1S/C17H31NO4/c1-4-6-8-14(5-2)11-15(19)18-10-7-9-17(12-18,13-22-3)16(20)21/h14H,4-13H2,1-3H3,(H,20,21). The summed E-state index contributed by atoms with van der Waals surface area (Å²) in [5, 5.41) is 9.55. The first-order valence-corrected chi connectivity index (χ1v) is 8.49. The van der Waals surface area contributed by atoms with E-state index in [-0.39, 0.29) is 19.1 Å². The lowest BCUT2D eigenvalue weighted by molar-refractivity contribution is -0.159. The third-order valence-corrected chi connectivity index (χ3v) is 4.81. The Balaban J connectivity index is 2.66. The number of hydrogen-bond acceptors (Lipinski definition) is 3. The predicted molar refractivity (Wildman–Crippen MR) is 85.7 cm³/mol. The second kappa shape index (κ2) is 9.13. The molecule has 128 valence electrons. The lowest BCUT2D eigenvalue weighted by Gasteiger charge is -2.39. The van der Waals surface area contributed by atoms with E-state index in [4.69, 9.17) is 4.74 Å². The molecule has 0 bridgehead atoms. The van der Waals surface area contributed by atoms with E-state index in [1.54, 1.807) is 4.90 Å². The Morgan fingerprint density at radius 3 is 2.64 bits per heavy atom. The van der Waals surface area contributed by atoms with Crippen LogP contribution >= 0.6 is 0 Å². The zero-order chi connectivity index (χ0) is 16.6. The number of methoxy groups -OCH3 is 1. The molecule has 1 heterocycles. The molecule has 1 aliphatic heterocycles. The van der Waals surface area contributed by atoms with Gasteiger partial charge in [0.1, 0.15) is 5.41 Å². The van der Waals surface area contributed by atoms with E-state index >= 15 is 0 Å². The number of amides is 1. The van der Waals surface area contributed by atoms with Crippen molar-refractivity contribution in [1.29, 1.82) is 0 Å². The summed E-state index contributed by atoms with van der Waals surface area (Å²) in [5.41, 5.74) is -0.937. The van der Waals surface area contributed by atoms with Crippen molar-refractivity contribution in [3.63, 3.8) is 0 Å². The fourth-order valence-electron chi connectivity index (χ4n) is 3.29. The van der Waals surface area contributed by atoms with Gasteiger partial charge in [0.2, 0.25) is 5.91 Å². The van der Waals surface area contributed by atoms with Crippen molar-refractivity contribution in [2.45, 2.75) is 58.8 Å². The topological polar surface area (TPSA) is 66.8 Å². The van der Waals surface area contributed by atoms with Crippen LogP contribution in [0, 0.1) is 11.3 Å². The Hall–Kier alpha value is -1.10. The minimum absolute atomic E-state index is 0.101. The van der Waals surface area contributed by atoms with Gasteiger partial charge in [-0.3, -0.25) is 9.59 Å². The molecule has 0 radical (unpaired) electrons. The molecule has 0 aromatic rings. The fourth-order valence-corrected chi connectivity index (χ4v) is 3.29. The van der Waals surface area contributed by atoms with E-state index in [1.807, 2.05) is 0 Å². The molecule has 22 heavy (non-hydrogen) atoms. The van der Waals surface area contributed by atoms with Gasteiger partial charge in [0.05, 0.1) is 6.61 Å². The van der Waals surface area contributed by atoms with E-state index in [2.05, 4.69) is 13.8 Å². The van der Waals surface area contributed by atoms with Crippen molar-refractivity contribution in [2.24, 2.45) is 11.3 Å². The van der Waals surface area contributed by atoms with E-state index in [0.717, 1.165) is 32.1 Å². The Labute approximate surface area is 134 Å². The lowest BCUT2D eigenvalue weighted by atomic mass is 9.80. The summed E-state index contributed by atoms with van der Waals surface area (Å²) in [4.78, 5) is 25.9. The second-order valence-electron chi connectivity index (χ2n) is 6.56. The molecule has 1 aliphatic rings. The highest BCUT2D eigenvalue weighted by Gasteiger charge is 2.43. The minimum Gasteiger partial charge on any atom is -0.481 e. The molecule has 0 aliphatic carbocycles. The number of hydrogen-bond donors (Lipinski definition) is 1.